The summed E-state index contributed by atoms with van der Waals surface area (Å²) in [7, 11) is 1.65. The van der Waals surface area contributed by atoms with Gasteiger partial charge in [-0.25, -0.2) is 4.39 Å². The third-order valence-electron chi connectivity index (χ3n) is 1.88. The van der Waals surface area contributed by atoms with Crippen LogP contribution in [0.2, 0.25) is 0 Å². The van der Waals surface area contributed by atoms with E-state index in [0.29, 0.717) is 11.3 Å². The maximum Gasteiger partial charge on any atom is 0.165 e. The molecule has 0 atom stereocenters. The zero-order valence-corrected chi connectivity index (χ0v) is 7.87. The predicted octanol–water partition coefficient (Wildman–Crippen LogP) is 2.05. The maximum absolute atomic E-state index is 13.0. The number of phenols is 1. The van der Waals surface area contributed by atoms with Crippen LogP contribution >= 0.6 is 0 Å². The highest BCUT2D eigenvalue weighted by Gasteiger charge is 2.06. The lowest BCUT2D eigenvalue weighted by Crippen LogP contribution is -2.07. The highest BCUT2D eigenvalue weighted by atomic mass is 19.1. The number of phenolic OH excluding ortho intramolecular Hbond substituents is 1. The summed E-state index contributed by atoms with van der Waals surface area (Å²) in [5, 5.41) is 14.0. The molecule has 0 saturated carbocycles. The van der Waals surface area contributed by atoms with E-state index in [-0.39, 0.29) is 5.75 Å². The molecule has 1 aromatic rings. The van der Waals surface area contributed by atoms with E-state index in [2.05, 4.69) is 18.4 Å². The fourth-order valence-corrected chi connectivity index (χ4v) is 0.959. The largest absolute Gasteiger partial charge is 0.505 e. The number of rotatable bonds is 3. The van der Waals surface area contributed by atoms with Crippen LogP contribution in [0.25, 0.3) is 5.70 Å². The number of nitrogens with zero attached hydrogens (tertiary/aromatic N) is 2. The molecular weight excluding hydrogens is 183 g/mol. The van der Waals surface area contributed by atoms with Gasteiger partial charge < -0.3 is 5.11 Å². The smallest absolute Gasteiger partial charge is 0.165 e. The second kappa shape index (κ2) is 3.91. The molecule has 0 bridgehead atoms. The summed E-state index contributed by atoms with van der Waals surface area (Å²) in [6.45, 7) is 7.03. The normalized spacial score (nSPS) is 9.57. The van der Waals surface area contributed by atoms with Gasteiger partial charge in [0, 0.05) is 19.3 Å². The number of halogens is 1. The highest BCUT2D eigenvalue weighted by molar-refractivity contribution is 5.62. The molecule has 0 aromatic heterocycles. The van der Waals surface area contributed by atoms with Crippen LogP contribution in [0.5, 0.6) is 5.75 Å². The van der Waals surface area contributed by atoms with Crippen LogP contribution in [0.3, 0.4) is 0 Å². The van der Waals surface area contributed by atoms with Crippen LogP contribution in [-0.4, -0.2) is 23.9 Å². The van der Waals surface area contributed by atoms with Crippen molar-refractivity contribution < 1.29 is 9.50 Å². The summed E-state index contributed by atoms with van der Waals surface area (Å²) in [5.74, 6) is -1.06. The van der Waals surface area contributed by atoms with Gasteiger partial charge in [0.1, 0.15) is 0 Å². The number of benzene rings is 1. The molecule has 0 aliphatic rings. The van der Waals surface area contributed by atoms with E-state index in [1.807, 2.05) is 0 Å². The Hall–Kier alpha value is -1.84. The zero-order chi connectivity index (χ0) is 10.7. The molecule has 1 rings (SSSR count). The van der Waals surface area contributed by atoms with Gasteiger partial charge in [0.2, 0.25) is 0 Å². The van der Waals surface area contributed by atoms with Crippen LogP contribution in [0.4, 0.5) is 4.39 Å². The molecule has 1 aromatic carbocycles. The van der Waals surface area contributed by atoms with Crippen LogP contribution in [0.15, 0.2) is 29.9 Å². The van der Waals surface area contributed by atoms with Crippen LogP contribution < -0.4 is 0 Å². The Morgan fingerprint density at radius 1 is 1.57 bits per heavy atom. The Morgan fingerprint density at radius 3 is 2.71 bits per heavy atom. The minimum Gasteiger partial charge on any atom is -0.505 e. The van der Waals surface area contributed by atoms with Gasteiger partial charge in [-0.3, -0.25) is 5.01 Å². The average molecular weight is 194 g/mol. The standard InChI is InChI=1S/C10H11FN2O/c1-7(13(3)12-2)8-4-5-10(14)9(11)6-8/h4-6,14H,1-2H2,3H3. The number of hydrazone groups is 1. The van der Waals surface area contributed by atoms with E-state index >= 15 is 0 Å². The van der Waals surface area contributed by atoms with Gasteiger partial charge in [0.15, 0.2) is 11.6 Å². The van der Waals surface area contributed by atoms with Crippen molar-refractivity contribution in [2.24, 2.45) is 5.10 Å². The van der Waals surface area contributed by atoms with E-state index in [1.54, 1.807) is 13.1 Å². The molecule has 0 aliphatic heterocycles. The quantitative estimate of drug-likeness (QED) is 0.590. The van der Waals surface area contributed by atoms with Crippen LogP contribution in [-0.2, 0) is 0 Å². The van der Waals surface area contributed by atoms with Gasteiger partial charge in [-0.1, -0.05) is 6.58 Å². The Labute approximate surface area is 81.8 Å². The molecule has 0 saturated heterocycles. The molecule has 1 N–H and O–H groups in total. The molecule has 0 aliphatic carbocycles. The molecule has 0 radical (unpaired) electrons. The first-order chi connectivity index (χ1) is 6.56. The Bertz CT molecular complexity index is 376. The first-order valence-corrected chi connectivity index (χ1v) is 3.94. The zero-order valence-electron chi connectivity index (χ0n) is 7.87. The fourth-order valence-electron chi connectivity index (χ4n) is 0.959. The lowest BCUT2D eigenvalue weighted by Gasteiger charge is -2.15. The van der Waals surface area contributed by atoms with Gasteiger partial charge in [-0.05, 0) is 18.2 Å². The number of hydrogen-bond acceptors (Lipinski definition) is 3. The molecule has 0 amide bonds. The first-order valence-electron chi connectivity index (χ1n) is 3.94. The van der Waals surface area contributed by atoms with Crippen molar-refractivity contribution in [3.8, 4) is 5.75 Å². The Morgan fingerprint density at radius 2 is 2.21 bits per heavy atom. The topological polar surface area (TPSA) is 35.8 Å². The molecule has 0 fully saturated rings. The van der Waals surface area contributed by atoms with E-state index in [1.165, 1.54) is 17.1 Å². The average Bonchev–Trinajstić information content (AvgIpc) is 2.20. The minimum atomic E-state index is -0.680. The summed E-state index contributed by atoms with van der Waals surface area (Å²) in [6.07, 6.45) is 0. The van der Waals surface area contributed by atoms with Crippen LogP contribution in [0.1, 0.15) is 5.56 Å². The second-order valence-corrected chi connectivity index (χ2v) is 2.78. The van der Waals surface area contributed by atoms with Crippen molar-refractivity contribution >= 4 is 12.4 Å². The summed E-state index contributed by atoms with van der Waals surface area (Å²) in [6, 6.07) is 4.02. The predicted molar refractivity (Wildman–Crippen MR) is 54.4 cm³/mol. The third kappa shape index (κ3) is 1.90. The van der Waals surface area contributed by atoms with Gasteiger partial charge in [0.05, 0.1) is 5.70 Å². The van der Waals surface area contributed by atoms with Crippen molar-refractivity contribution in [1.82, 2.24) is 5.01 Å². The van der Waals surface area contributed by atoms with Crippen molar-refractivity contribution in [2.75, 3.05) is 7.05 Å². The summed E-state index contributed by atoms with van der Waals surface area (Å²) in [4.78, 5) is 0. The fraction of sp³-hybridized carbons (Fsp3) is 0.100. The maximum atomic E-state index is 13.0. The van der Waals surface area contributed by atoms with E-state index in [9.17, 15) is 4.39 Å². The van der Waals surface area contributed by atoms with Gasteiger partial charge in [-0.2, -0.15) is 5.10 Å². The Kier molecular flexibility index (Phi) is 2.86. The third-order valence-corrected chi connectivity index (χ3v) is 1.88. The monoisotopic (exact) mass is 194 g/mol. The lowest BCUT2D eigenvalue weighted by atomic mass is 10.1. The van der Waals surface area contributed by atoms with Gasteiger partial charge in [0.25, 0.3) is 0 Å². The van der Waals surface area contributed by atoms with Crippen molar-refractivity contribution in [3.63, 3.8) is 0 Å². The minimum absolute atomic E-state index is 0.379. The van der Waals surface area contributed by atoms with Crippen molar-refractivity contribution in [3.05, 3.63) is 36.2 Å². The molecule has 3 nitrogen and oxygen atoms in total. The molecule has 0 heterocycles. The summed E-state index contributed by atoms with van der Waals surface area (Å²) in [5.41, 5.74) is 1.06. The van der Waals surface area contributed by atoms with Crippen LogP contribution in [0, 0.1) is 5.82 Å². The van der Waals surface area contributed by atoms with Crippen molar-refractivity contribution in [2.45, 2.75) is 0 Å². The first kappa shape index (κ1) is 10.2. The molecule has 14 heavy (non-hydrogen) atoms. The lowest BCUT2D eigenvalue weighted by molar-refractivity contribution is 0.432. The number of aromatic hydroxyl groups is 1. The van der Waals surface area contributed by atoms with Gasteiger partial charge >= 0.3 is 0 Å². The van der Waals surface area contributed by atoms with E-state index < -0.39 is 5.82 Å². The Balaban J connectivity index is 3.02. The molecule has 4 heteroatoms. The second-order valence-electron chi connectivity index (χ2n) is 2.78. The van der Waals surface area contributed by atoms with E-state index in [0.717, 1.165) is 0 Å². The molecular formula is C10H11FN2O. The molecule has 0 spiro atoms. The molecule has 0 unspecified atom stereocenters. The van der Waals surface area contributed by atoms with Crippen molar-refractivity contribution in [1.29, 1.82) is 0 Å². The highest BCUT2D eigenvalue weighted by Crippen LogP contribution is 2.22. The number of hydrogen-bond donors (Lipinski definition) is 1. The molecule has 74 valence electrons. The van der Waals surface area contributed by atoms with E-state index in [4.69, 9.17) is 5.11 Å². The van der Waals surface area contributed by atoms with Gasteiger partial charge in [-0.15, -0.1) is 0 Å². The SMILES string of the molecule is C=NN(C)C(=C)c1ccc(O)c(F)c1. The summed E-state index contributed by atoms with van der Waals surface area (Å²) >= 11 is 0. The summed E-state index contributed by atoms with van der Waals surface area (Å²) < 4.78 is 13.0.